The fraction of sp³-hybridized carbons (Fsp3) is 0.857. The number of hydrogen-bond acceptors (Lipinski definition) is 17. The Labute approximate surface area is 392 Å². The molecule has 5 aliphatic carbocycles. The standard InChI is InChI=1S/C49H76O18/c1-21(2)18-29(52)65-40-39(63-23(4)51)44(5,6)19-25-24-12-13-27-46(9)16-15-28(45(7,8)26(46)14-17-47(27,10)48(24,11)37(58)38(59)49(25,40)20-50)64-43-36(33(56)32(55)35(66-43)41(60)61)67-42-34(57)31(54)30(53)22(3)62-42/h12,18,22,25-28,30-40,42-43,50,53-59H,13-17,19-20H2,1-11H3,(H,60,61). The average molecular weight is 953 g/mol. The van der Waals surface area contributed by atoms with Crippen molar-refractivity contribution in [2.45, 2.75) is 207 Å². The first-order chi connectivity index (χ1) is 31.0. The maximum Gasteiger partial charge on any atom is 0.335 e. The van der Waals surface area contributed by atoms with Crippen LogP contribution in [0.25, 0.3) is 0 Å². The predicted octanol–water partition coefficient (Wildman–Crippen LogP) is 1.88. The van der Waals surface area contributed by atoms with Crippen LogP contribution in [0.5, 0.6) is 0 Å². The molecule has 380 valence electrons. The molecular weight excluding hydrogens is 877 g/mol. The summed E-state index contributed by atoms with van der Waals surface area (Å²) in [5, 5.41) is 101. The number of aliphatic carboxylic acids is 1. The third-order valence-corrected chi connectivity index (χ3v) is 18.5. The number of aliphatic hydroxyl groups excluding tert-OH is 8. The molecular formula is C49H76O18. The molecule has 0 radical (unpaired) electrons. The van der Waals surface area contributed by atoms with Gasteiger partial charge in [-0.05, 0) is 93.3 Å². The number of carbonyl (C=O) groups excluding carboxylic acids is 2. The zero-order valence-electron chi connectivity index (χ0n) is 40.7. The summed E-state index contributed by atoms with van der Waals surface area (Å²) in [7, 11) is 0. The van der Waals surface area contributed by atoms with E-state index in [9.17, 15) is 60.3 Å². The van der Waals surface area contributed by atoms with E-state index in [1.807, 2.05) is 20.8 Å². The minimum atomic E-state index is -1.96. The molecule has 18 heteroatoms. The van der Waals surface area contributed by atoms with Gasteiger partial charge in [-0.25, -0.2) is 9.59 Å². The number of allylic oxidation sites excluding steroid dienone is 2. The van der Waals surface area contributed by atoms with E-state index in [-0.39, 0.29) is 11.8 Å². The van der Waals surface area contributed by atoms with Gasteiger partial charge >= 0.3 is 17.9 Å². The smallest absolute Gasteiger partial charge is 0.335 e. The van der Waals surface area contributed by atoms with Gasteiger partial charge in [0.15, 0.2) is 24.8 Å². The zero-order chi connectivity index (χ0) is 49.9. The monoisotopic (exact) mass is 953 g/mol. The van der Waals surface area contributed by atoms with E-state index in [0.717, 1.165) is 5.57 Å². The largest absolute Gasteiger partial charge is 0.479 e. The highest BCUT2D eigenvalue weighted by molar-refractivity contribution is 5.83. The molecule has 4 saturated carbocycles. The second kappa shape index (κ2) is 17.9. The summed E-state index contributed by atoms with van der Waals surface area (Å²) in [4.78, 5) is 38.4. The summed E-state index contributed by atoms with van der Waals surface area (Å²) in [5.74, 6) is -3.58. The Hall–Kier alpha value is -2.59. The Bertz CT molecular complexity index is 1970. The van der Waals surface area contributed by atoms with Crippen LogP contribution in [-0.4, -0.2) is 162 Å². The maximum atomic E-state index is 13.5. The van der Waals surface area contributed by atoms with Gasteiger partial charge in [0.1, 0.15) is 42.7 Å². The van der Waals surface area contributed by atoms with Gasteiger partial charge in [0.2, 0.25) is 0 Å². The van der Waals surface area contributed by atoms with Crippen molar-refractivity contribution in [1.82, 2.24) is 0 Å². The predicted molar refractivity (Wildman–Crippen MR) is 235 cm³/mol. The lowest BCUT2D eigenvalue weighted by atomic mass is 9.32. The number of rotatable bonds is 9. The van der Waals surface area contributed by atoms with Crippen molar-refractivity contribution < 1.29 is 88.8 Å². The molecule has 0 amide bonds. The Morgan fingerprint density at radius 2 is 1.42 bits per heavy atom. The van der Waals surface area contributed by atoms with E-state index in [2.05, 4.69) is 33.8 Å². The fourth-order valence-electron chi connectivity index (χ4n) is 14.8. The molecule has 7 rings (SSSR count). The highest BCUT2D eigenvalue weighted by atomic mass is 16.8. The molecule has 0 aromatic heterocycles. The molecule has 0 aromatic carbocycles. The molecule has 0 spiro atoms. The highest BCUT2D eigenvalue weighted by Crippen LogP contribution is 2.76. The third kappa shape index (κ3) is 7.95. The van der Waals surface area contributed by atoms with Crippen molar-refractivity contribution in [3.8, 4) is 0 Å². The molecule has 9 N–H and O–H groups in total. The molecule has 7 aliphatic rings. The highest BCUT2D eigenvalue weighted by Gasteiger charge is 2.76. The van der Waals surface area contributed by atoms with Crippen molar-refractivity contribution in [2.75, 3.05) is 6.61 Å². The first-order valence-corrected chi connectivity index (χ1v) is 23.9. The summed E-state index contributed by atoms with van der Waals surface area (Å²) >= 11 is 0. The van der Waals surface area contributed by atoms with Gasteiger partial charge in [-0.2, -0.15) is 0 Å². The molecule has 67 heavy (non-hydrogen) atoms. The van der Waals surface area contributed by atoms with Gasteiger partial charge in [-0.15, -0.1) is 0 Å². The lowest BCUT2D eigenvalue weighted by Crippen LogP contribution is -2.76. The van der Waals surface area contributed by atoms with Crippen LogP contribution in [0.3, 0.4) is 0 Å². The van der Waals surface area contributed by atoms with Gasteiger partial charge in [0.25, 0.3) is 0 Å². The van der Waals surface area contributed by atoms with E-state index in [0.29, 0.717) is 44.1 Å². The normalized spacial score (nSPS) is 49.9. The number of carbonyl (C=O) groups is 3. The molecule has 2 aliphatic heterocycles. The average Bonchev–Trinajstić information content (AvgIpc) is 3.22. The van der Waals surface area contributed by atoms with Crippen molar-refractivity contribution in [2.24, 2.45) is 50.2 Å². The summed E-state index contributed by atoms with van der Waals surface area (Å²) in [6.07, 6.45) is -15.9. The van der Waals surface area contributed by atoms with Crippen LogP contribution in [0, 0.1) is 50.2 Å². The quantitative estimate of drug-likeness (QED) is 0.0690. The number of esters is 2. The Morgan fingerprint density at radius 3 is 2.01 bits per heavy atom. The van der Waals surface area contributed by atoms with Gasteiger partial charge in [-0.1, -0.05) is 65.7 Å². The second-order valence-electron chi connectivity index (χ2n) is 23.2. The van der Waals surface area contributed by atoms with Crippen molar-refractivity contribution in [3.63, 3.8) is 0 Å². The number of aliphatic hydroxyl groups is 8. The Kier molecular flexibility index (Phi) is 14.0. The minimum absolute atomic E-state index is 0.0377. The third-order valence-electron chi connectivity index (χ3n) is 18.5. The lowest BCUT2D eigenvalue weighted by Gasteiger charge is -2.73. The zero-order valence-corrected chi connectivity index (χ0v) is 40.7. The Morgan fingerprint density at radius 1 is 0.761 bits per heavy atom. The van der Waals surface area contributed by atoms with Crippen molar-refractivity contribution in [3.05, 3.63) is 23.3 Å². The van der Waals surface area contributed by atoms with Gasteiger partial charge in [-0.3, -0.25) is 4.79 Å². The Balaban J connectivity index is 1.22. The second-order valence-corrected chi connectivity index (χ2v) is 23.2. The van der Waals surface area contributed by atoms with E-state index < -0.39 is 155 Å². The summed E-state index contributed by atoms with van der Waals surface area (Å²) in [6.45, 7) is 19.9. The summed E-state index contributed by atoms with van der Waals surface area (Å²) in [6, 6.07) is 0. The first kappa shape index (κ1) is 52.2. The van der Waals surface area contributed by atoms with Crippen LogP contribution in [-0.2, 0) is 42.8 Å². The fourth-order valence-corrected chi connectivity index (χ4v) is 14.8. The van der Waals surface area contributed by atoms with Crippen LogP contribution in [0.15, 0.2) is 23.3 Å². The molecule has 6 fully saturated rings. The van der Waals surface area contributed by atoms with Crippen molar-refractivity contribution in [1.29, 1.82) is 0 Å². The number of carboxylic acid groups (broad SMARTS) is 1. The lowest BCUT2D eigenvalue weighted by molar-refractivity contribution is -0.372. The molecule has 0 aromatic rings. The van der Waals surface area contributed by atoms with E-state index in [4.69, 9.17) is 28.4 Å². The number of ether oxygens (including phenoxy) is 6. The molecule has 22 atom stereocenters. The van der Waals surface area contributed by atoms with E-state index in [1.54, 1.807) is 13.8 Å². The minimum Gasteiger partial charge on any atom is -0.479 e. The molecule has 2 heterocycles. The maximum absolute atomic E-state index is 13.5. The molecule has 0 bridgehead atoms. The van der Waals surface area contributed by atoms with Crippen LogP contribution in [0.2, 0.25) is 0 Å². The molecule has 22 unspecified atom stereocenters. The van der Waals surface area contributed by atoms with E-state index in [1.165, 1.54) is 19.9 Å². The van der Waals surface area contributed by atoms with E-state index >= 15 is 0 Å². The van der Waals surface area contributed by atoms with Crippen LogP contribution in [0.1, 0.15) is 115 Å². The van der Waals surface area contributed by atoms with Gasteiger partial charge in [0.05, 0.1) is 36.4 Å². The number of fused-ring (bicyclic) bond motifs is 7. The molecule has 2 saturated heterocycles. The van der Waals surface area contributed by atoms with Crippen LogP contribution >= 0.6 is 0 Å². The van der Waals surface area contributed by atoms with Gasteiger partial charge in [0, 0.05) is 23.8 Å². The summed E-state index contributed by atoms with van der Waals surface area (Å²) < 4.78 is 36.2. The SMILES string of the molecule is CC(=O)OC1C(OC(=O)C=C(C)C)C2(CO)C(CC1(C)C)C1=CCC3C4(C)CCC(OC5OC(C(=O)O)C(O)C(O)C5OC5OC(C)C(O)C(O)C5O)C(C)(C)C4CCC3(C)C1(C)C(O)C2O. The number of hydrogen-bond donors (Lipinski definition) is 9. The summed E-state index contributed by atoms with van der Waals surface area (Å²) in [5.41, 5.74) is -3.65. The topological polar surface area (TPSA) is 289 Å². The van der Waals surface area contributed by atoms with Crippen molar-refractivity contribution >= 4 is 17.9 Å². The molecule has 18 nitrogen and oxygen atoms in total. The van der Waals surface area contributed by atoms with Gasteiger partial charge < -0.3 is 74.4 Å². The van der Waals surface area contributed by atoms with Crippen LogP contribution in [0.4, 0.5) is 0 Å². The first-order valence-electron chi connectivity index (χ1n) is 23.9. The number of carboxylic acids is 1. The van der Waals surface area contributed by atoms with Crippen LogP contribution < -0.4 is 0 Å².